The first-order chi connectivity index (χ1) is 18.1. The third-order valence-electron chi connectivity index (χ3n) is 6.61. The topological polar surface area (TPSA) is 89.9 Å². The molecule has 1 atom stereocenters. The second-order valence-corrected chi connectivity index (χ2v) is 9.95. The van der Waals surface area contributed by atoms with Gasteiger partial charge >= 0.3 is 0 Å². The lowest BCUT2D eigenvalue weighted by Crippen LogP contribution is -2.41. The van der Waals surface area contributed by atoms with Gasteiger partial charge in [0.15, 0.2) is 5.17 Å². The molecule has 6 rings (SSSR count). The number of benzene rings is 3. The summed E-state index contributed by atoms with van der Waals surface area (Å²) in [5.74, 6) is 0.437. The van der Waals surface area contributed by atoms with E-state index in [1.165, 1.54) is 17.3 Å². The Hall–Kier alpha value is -4.17. The van der Waals surface area contributed by atoms with Crippen LogP contribution in [0, 0.1) is 0 Å². The van der Waals surface area contributed by atoms with Crippen molar-refractivity contribution in [1.29, 1.82) is 0 Å². The Morgan fingerprint density at radius 2 is 1.84 bits per heavy atom. The van der Waals surface area contributed by atoms with E-state index in [-0.39, 0.29) is 17.6 Å². The summed E-state index contributed by atoms with van der Waals surface area (Å²) in [6.07, 6.45) is 3.38. The Bertz CT molecular complexity index is 1570. The molecule has 2 aliphatic heterocycles. The standard InChI is InChI=1S/C29H25N5O2S/c1-2-18-11-13-20(14-12-18)31-26(35)17-37-29-33-24-10-6-4-8-22(24)27-32-25(28(36)34(27)29)15-19-16-30-23-9-5-3-7-21(19)23/h3-14,16,25,30H,2,15,17H2,1H3,(H,31,35)/t25-/m0/s1. The number of aryl methyl sites for hydroxylation is 1. The monoisotopic (exact) mass is 507 g/mol. The molecule has 0 saturated heterocycles. The normalized spacial score (nSPS) is 16.3. The molecule has 0 radical (unpaired) electrons. The maximum atomic E-state index is 13.6. The highest BCUT2D eigenvalue weighted by Crippen LogP contribution is 2.34. The highest BCUT2D eigenvalue weighted by atomic mass is 32.2. The van der Waals surface area contributed by atoms with Crippen molar-refractivity contribution in [2.24, 2.45) is 9.98 Å². The van der Waals surface area contributed by atoms with Crippen LogP contribution in [0.3, 0.4) is 0 Å². The minimum absolute atomic E-state index is 0.126. The van der Waals surface area contributed by atoms with E-state index >= 15 is 0 Å². The molecule has 37 heavy (non-hydrogen) atoms. The third kappa shape index (κ3) is 4.44. The molecule has 0 spiro atoms. The minimum Gasteiger partial charge on any atom is -0.361 e. The third-order valence-corrected chi connectivity index (χ3v) is 7.55. The van der Waals surface area contributed by atoms with Crippen LogP contribution in [-0.2, 0) is 22.4 Å². The lowest BCUT2D eigenvalue weighted by Gasteiger charge is -2.25. The van der Waals surface area contributed by atoms with Gasteiger partial charge in [-0.05, 0) is 47.9 Å². The zero-order valence-corrected chi connectivity index (χ0v) is 21.1. The van der Waals surface area contributed by atoms with Crippen LogP contribution in [0.2, 0.25) is 0 Å². The SMILES string of the molecule is CCc1ccc(NC(=O)CSC2=Nc3ccccc3C3=N[C@@H](Cc4c[nH]c5ccccc45)C(=O)N23)cc1. The lowest BCUT2D eigenvalue weighted by molar-refractivity contribution is -0.124. The van der Waals surface area contributed by atoms with Crippen LogP contribution >= 0.6 is 11.8 Å². The van der Waals surface area contributed by atoms with Gasteiger partial charge in [-0.25, -0.2) is 9.89 Å². The van der Waals surface area contributed by atoms with Crippen LogP contribution in [0.5, 0.6) is 0 Å². The lowest BCUT2D eigenvalue weighted by atomic mass is 10.1. The Labute approximate surface area is 218 Å². The zero-order valence-electron chi connectivity index (χ0n) is 20.3. The van der Waals surface area contributed by atoms with E-state index in [9.17, 15) is 9.59 Å². The van der Waals surface area contributed by atoms with Gasteiger partial charge in [0, 0.05) is 34.8 Å². The van der Waals surface area contributed by atoms with E-state index in [4.69, 9.17) is 9.98 Å². The molecule has 0 unspecified atom stereocenters. The van der Waals surface area contributed by atoms with E-state index < -0.39 is 6.04 Å². The number of carbonyl (C=O) groups is 2. The van der Waals surface area contributed by atoms with Crippen LogP contribution in [0.15, 0.2) is 89.0 Å². The quantitative estimate of drug-likeness (QED) is 0.371. The molecule has 3 aromatic carbocycles. The van der Waals surface area contributed by atoms with Crippen LogP contribution < -0.4 is 5.32 Å². The molecule has 184 valence electrons. The molecule has 1 aromatic heterocycles. The van der Waals surface area contributed by atoms with Crippen molar-refractivity contribution in [3.8, 4) is 0 Å². The average molecular weight is 508 g/mol. The van der Waals surface area contributed by atoms with E-state index in [0.717, 1.165) is 39.8 Å². The molecule has 2 amide bonds. The van der Waals surface area contributed by atoms with Crippen molar-refractivity contribution in [3.63, 3.8) is 0 Å². The largest absolute Gasteiger partial charge is 0.361 e. The number of thioether (sulfide) groups is 1. The number of nitrogens with zero attached hydrogens (tertiary/aromatic N) is 3. The number of nitrogens with one attached hydrogen (secondary N) is 2. The van der Waals surface area contributed by atoms with Crippen molar-refractivity contribution in [1.82, 2.24) is 9.88 Å². The van der Waals surface area contributed by atoms with Gasteiger partial charge in [-0.3, -0.25) is 14.6 Å². The first kappa shape index (κ1) is 23.2. The Morgan fingerprint density at radius 1 is 1.05 bits per heavy atom. The van der Waals surface area contributed by atoms with E-state index in [2.05, 4.69) is 17.2 Å². The summed E-state index contributed by atoms with van der Waals surface area (Å²) in [5, 5.41) is 4.49. The fourth-order valence-corrected chi connectivity index (χ4v) is 5.49. The first-order valence-corrected chi connectivity index (χ1v) is 13.3. The van der Waals surface area contributed by atoms with Crippen LogP contribution in [0.25, 0.3) is 10.9 Å². The highest BCUT2D eigenvalue weighted by Gasteiger charge is 2.41. The summed E-state index contributed by atoms with van der Waals surface area (Å²) in [7, 11) is 0. The number of hydrogen-bond donors (Lipinski definition) is 2. The van der Waals surface area contributed by atoms with Crippen molar-refractivity contribution >= 4 is 56.9 Å². The fraction of sp³-hybridized carbons (Fsp3) is 0.172. The molecule has 7 nitrogen and oxygen atoms in total. The number of fused-ring (bicyclic) bond motifs is 4. The number of aromatic nitrogens is 1. The number of aromatic amines is 1. The van der Waals surface area contributed by atoms with Crippen LogP contribution in [0.1, 0.15) is 23.6 Å². The van der Waals surface area contributed by atoms with Crippen molar-refractivity contribution in [2.45, 2.75) is 25.8 Å². The van der Waals surface area contributed by atoms with Crippen molar-refractivity contribution < 1.29 is 9.59 Å². The highest BCUT2D eigenvalue weighted by molar-refractivity contribution is 8.14. The zero-order chi connectivity index (χ0) is 25.4. The number of aliphatic imine (C=N–C) groups is 2. The summed E-state index contributed by atoms with van der Waals surface area (Å²) >= 11 is 1.24. The second kappa shape index (κ2) is 9.71. The molecule has 0 aliphatic carbocycles. The number of carbonyl (C=O) groups excluding carboxylic acids is 2. The predicted octanol–water partition coefficient (Wildman–Crippen LogP) is 5.30. The summed E-state index contributed by atoms with van der Waals surface area (Å²) in [6.45, 7) is 2.09. The summed E-state index contributed by atoms with van der Waals surface area (Å²) in [5.41, 5.74) is 5.61. The first-order valence-electron chi connectivity index (χ1n) is 12.3. The number of rotatable bonds is 6. The second-order valence-electron chi connectivity index (χ2n) is 9.00. The van der Waals surface area contributed by atoms with Crippen molar-refractivity contribution in [2.75, 3.05) is 11.1 Å². The summed E-state index contributed by atoms with van der Waals surface area (Å²) in [4.78, 5) is 40.8. The number of H-pyrrole nitrogens is 1. The predicted molar refractivity (Wildman–Crippen MR) is 150 cm³/mol. The van der Waals surface area contributed by atoms with Crippen LogP contribution in [0.4, 0.5) is 11.4 Å². The van der Waals surface area contributed by atoms with Gasteiger partial charge in [0.25, 0.3) is 5.91 Å². The molecule has 3 heterocycles. The number of anilines is 1. The van der Waals surface area contributed by atoms with E-state index in [0.29, 0.717) is 17.4 Å². The van der Waals surface area contributed by atoms with Gasteiger partial charge in [0.05, 0.1) is 11.4 Å². The van der Waals surface area contributed by atoms with Gasteiger partial charge in [0.2, 0.25) is 5.91 Å². The molecule has 2 N–H and O–H groups in total. The maximum Gasteiger partial charge on any atom is 0.259 e. The smallest absolute Gasteiger partial charge is 0.259 e. The number of amides is 2. The Morgan fingerprint density at radius 3 is 2.68 bits per heavy atom. The van der Waals surface area contributed by atoms with Gasteiger partial charge in [-0.1, -0.05) is 61.2 Å². The molecular formula is C29H25N5O2S. The molecule has 4 aromatic rings. The number of amidine groups is 2. The molecule has 8 heteroatoms. The number of hydrogen-bond acceptors (Lipinski definition) is 5. The van der Waals surface area contributed by atoms with Gasteiger partial charge < -0.3 is 10.3 Å². The van der Waals surface area contributed by atoms with E-state index in [1.807, 2.05) is 79.0 Å². The average Bonchev–Trinajstić information content (AvgIpc) is 3.49. The van der Waals surface area contributed by atoms with E-state index in [1.54, 1.807) is 4.90 Å². The van der Waals surface area contributed by atoms with Crippen molar-refractivity contribution in [3.05, 3.63) is 95.7 Å². The molecule has 0 bridgehead atoms. The molecule has 0 saturated carbocycles. The van der Waals surface area contributed by atoms with Gasteiger partial charge in [0.1, 0.15) is 11.9 Å². The van der Waals surface area contributed by atoms with Gasteiger partial charge in [-0.15, -0.1) is 0 Å². The number of para-hydroxylation sites is 2. The minimum atomic E-state index is -0.558. The maximum absolute atomic E-state index is 13.6. The van der Waals surface area contributed by atoms with Crippen LogP contribution in [-0.4, -0.2) is 44.5 Å². The fourth-order valence-electron chi connectivity index (χ4n) is 4.69. The molecular weight excluding hydrogens is 482 g/mol. The summed E-state index contributed by atoms with van der Waals surface area (Å²) < 4.78 is 0. The van der Waals surface area contributed by atoms with Gasteiger partial charge in [-0.2, -0.15) is 0 Å². The summed E-state index contributed by atoms with van der Waals surface area (Å²) in [6, 6.07) is 23.0. The molecule has 0 fully saturated rings. The Balaban J connectivity index is 1.23. The molecule has 2 aliphatic rings. The Kier molecular flexibility index (Phi) is 6.10.